The number of fused-ring (bicyclic) bond motifs is 1. The Labute approximate surface area is 134 Å². The van der Waals surface area contributed by atoms with Gasteiger partial charge in [0.15, 0.2) is 11.4 Å². The Hall–Kier alpha value is -2.07. The Kier molecular flexibility index (Phi) is 4.03. The fourth-order valence-electron chi connectivity index (χ4n) is 2.61. The van der Waals surface area contributed by atoms with E-state index < -0.39 is 0 Å². The van der Waals surface area contributed by atoms with Crippen molar-refractivity contribution in [2.24, 2.45) is 0 Å². The number of carbonyl (C=O) groups is 1. The standard InChI is InChI=1S/C17H17ClN2O2/c1-11(2)22-15-4-3-8-19-16(15)17(21)20-9-7-12-10-13(18)5-6-14(12)20/h3-6,8,10-11H,7,9H2,1-2H3. The van der Waals surface area contributed by atoms with Crippen molar-refractivity contribution in [1.29, 1.82) is 0 Å². The number of rotatable bonds is 3. The van der Waals surface area contributed by atoms with E-state index in [1.807, 2.05) is 26.0 Å². The second-order valence-corrected chi connectivity index (χ2v) is 5.93. The van der Waals surface area contributed by atoms with Gasteiger partial charge in [0, 0.05) is 23.5 Å². The summed E-state index contributed by atoms with van der Waals surface area (Å²) in [4.78, 5) is 18.8. The molecule has 2 heterocycles. The molecule has 1 aliphatic rings. The van der Waals surface area contributed by atoms with Crippen molar-refractivity contribution in [2.45, 2.75) is 26.4 Å². The normalized spacial score (nSPS) is 13.4. The van der Waals surface area contributed by atoms with Crippen molar-refractivity contribution in [3.8, 4) is 5.75 Å². The number of amides is 1. The van der Waals surface area contributed by atoms with Crippen molar-refractivity contribution < 1.29 is 9.53 Å². The number of ether oxygens (including phenoxy) is 1. The van der Waals surface area contributed by atoms with Crippen LogP contribution in [0.2, 0.25) is 5.02 Å². The first-order chi connectivity index (χ1) is 10.6. The number of halogens is 1. The van der Waals surface area contributed by atoms with E-state index in [0.29, 0.717) is 23.0 Å². The van der Waals surface area contributed by atoms with Crippen molar-refractivity contribution in [3.63, 3.8) is 0 Å². The number of hydrogen-bond acceptors (Lipinski definition) is 3. The molecule has 1 amide bonds. The SMILES string of the molecule is CC(C)Oc1cccnc1C(=O)N1CCc2cc(Cl)ccc21. The third kappa shape index (κ3) is 2.79. The van der Waals surface area contributed by atoms with Crippen LogP contribution in [-0.4, -0.2) is 23.5 Å². The molecule has 0 fully saturated rings. The molecule has 0 saturated carbocycles. The van der Waals surface area contributed by atoms with Gasteiger partial charge in [-0.25, -0.2) is 4.98 Å². The number of pyridine rings is 1. The Bertz CT molecular complexity index is 716. The molecule has 0 spiro atoms. The van der Waals surface area contributed by atoms with Crippen LogP contribution in [0.15, 0.2) is 36.5 Å². The molecule has 1 aliphatic heterocycles. The molecular formula is C17H17ClN2O2. The summed E-state index contributed by atoms with van der Waals surface area (Å²) in [7, 11) is 0. The summed E-state index contributed by atoms with van der Waals surface area (Å²) in [5.74, 6) is 0.377. The first kappa shape index (κ1) is 14.9. The highest BCUT2D eigenvalue weighted by Gasteiger charge is 2.28. The van der Waals surface area contributed by atoms with E-state index in [0.717, 1.165) is 17.7 Å². The van der Waals surface area contributed by atoms with E-state index in [9.17, 15) is 4.79 Å². The third-order valence-electron chi connectivity index (χ3n) is 3.52. The average molecular weight is 317 g/mol. The quantitative estimate of drug-likeness (QED) is 0.866. The highest BCUT2D eigenvalue weighted by atomic mass is 35.5. The Morgan fingerprint density at radius 3 is 2.95 bits per heavy atom. The summed E-state index contributed by atoms with van der Waals surface area (Å²) >= 11 is 6.01. The molecule has 0 bridgehead atoms. The number of nitrogens with zero attached hydrogens (tertiary/aromatic N) is 2. The van der Waals surface area contributed by atoms with E-state index in [4.69, 9.17) is 16.3 Å². The maximum absolute atomic E-state index is 12.8. The van der Waals surface area contributed by atoms with Gasteiger partial charge in [0.1, 0.15) is 0 Å². The summed E-state index contributed by atoms with van der Waals surface area (Å²) in [6.07, 6.45) is 2.40. The van der Waals surface area contributed by atoms with Gasteiger partial charge in [-0.2, -0.15) is 0 Å². The highest BCUT2D eigenvalue weighted by Crippen LogP contribution is 2.32. The van der Waals surface area contributed by atoms with Crippen molar-refractivity contribution in [2.75, 3.05) is 11.4 Å². The molecule has 5 heteroatoms. The Balaban J connectivity index is 1.94. The minimum Gasteiger partial charge on any atom is -0.489 e. The van der Waals surface area contributed by atoms with Crippen LogP contribution in [0.1, 0.15) is 29.9 Å². The minimum absolute atomic E-state index is 0.0135. The number of hydrogen-bond donors (Lipinski definition) is 0. The molecule has 1 aromatic carbocycles. The summed E-state index contributed by atoms with van der Waals surface area (Å²) in [5.41, 5.74) is 2.33. The van der Waals surface area contributed by atoms with Gasteiger partial charge in [0.2, 0.25) is 0 Å². The van der Waals surface area contributed by atoms with Crippen LogP contribution in [-0.2, 0) is 6.42 Å². The van der Waals surface area contributed by atoms with E-state index in [1.54, 1.807) is 29.3 Å². The lowest BCUT2D eigenvalue weighted by atomic mass is 10.2. The lowest BCUT2D eigenvalue weighted by molar-refractivity contribution is 0.0978. The number of carbonyl (C=O) groups excluding carboxylic acids is 1. The predicted octanol–water partition coefficient (Wildman–Crippen LogP) is 3.73. The van der Waals surface area contributed by atoms with Crippen molar-refractivity contribution >= 4 is 23.2 Å². The highest BCUT2D eigenvalue weighted by molar-refractivity contribution is 6.30. The van der Waals surface area contributed by atoms with Crippen LogP contribution in [0.4, 0.5) is 5.69 Å². The molecule has 2 aromatic rings. The van der Waals surface area contributed by atoms with Gasteiger partial charge in [0.05, 0.1) is 6.10 Å². The van der Waals surface area contributed by atoms with Crippen LogP contribution < -0.4 is 9.64 Å². The molecule has 3 rings (SSSR count). The van der Waals surface area contributed by atoms with Gasteiger partial charge in [-0.05, 0) is 56.2 Å². The van der Waals surface area contributed by atoms with E-state index in [1.165, 1.54) is 0 Å². The topological polar surface area (TPSA) is 42.4 Å². The zero-order valence-electron chi connectivity index (χ0n) is 12.5. The van der Waals surface area contributed by atoms with Crippen LogP contribution in [0.25, 0.3) is 0 Å². The monoisotopic (exact) mass is 316 g/mol. The maximum atomic E-state index is 12.8. The lowest BCUT2D eigenvalue weighted by Gasteiger charge is -2.19. The van der Waals surface area contributed by atoms with Crippen LogP contribution in [0.3, 0.4) is 0 Å². The zero-order chi connectivity index (χ0) is 15.7. The second kappa shape index (κ2) is 5.97. The fourth-order valence-corrected chi connectivity index (χ4v) is 2.80. The largest absolute Gasteiger partial charge is 0.489 e. The van der Waals surface area contributed by atoms with Crippen LogP contribution in [0, 0.1) is 0 Å². The predicted molar refractivity (Wildman–Crippen MR) is 86.8 cm³/mol. The second-order valence-electron chi connectivity index (χ2n) is 5.50. The maximum Gasteiger partial charge on any atom is 0.280 e. The molecule has 0 unspecified atom stereocenters. The van der Waals surface area contributed by atoms with Crippen LogP contribution >= 0.6 is 11.6 Å². The molecule has 22 heavy (non-hydrogen) atoms. The summed E-state index contributed by atoms with van der Waals surface area (Å²) in [6.45, 7) is 4.48. The van der Waals surface area contributed by atoms with E-state index in [-0.39, 0.29) is 12.0 Å². The Morgan fingerprint density at radius 1 is 1.36 bits per heavy atom. The molecule has 0 N–H and O–H groups in total. The summed E-state index contributed by atoms with van der Waals surface area (Å²) in [6, 6.07) is 9.14. The van der Waals surface area contributed by atoms with E-state index >= 15 is 0 Å². The number of anilines is 1. The Morgan fingerprint density at radius 2 is 2.18 bits per heavy atom. The molecule has 1 aromatic heterocycles. The van der Waals surface area contributed by atoms with Crippen molar-refractivity contribution in [1.82, 2.24) is 4.98 Å². The lowest BCUT2D eigenvalue weighted by Crippen LogP contribution is -2.30. The van der Waals surface area contributed by atoms with Gasteiger partial charge in [0.25, 0.3) is 5.91 Å². The summed E-state index contributed by atoms with van der Waals surface area (Å²) in [5, 5.41) is 0.690. The molecule has 114 valence electrons. The molecule has 0 aliphatic carbocycles. The molecule has 0 atom stereocenters. The molecule has 0 radical (unpaired) electrons. The smallest absolute Gasteiger partial charge is 0.280 e. The van der Waals surface area contributed by atoms with E-state index in [2.05, 4.69) is 4.98 Å². The molecule has 4 nitrogen and oxygen atoms in total. The number of benzene rings is 1. The van der Waals surface area contributed by atoms with Crippen molar-refractivity contribution in [3.05, 3.63) is 52.8 Å². The minimum atomic E-state index is -0.141. The first-order valence-electron chi connectivity index (χ1n) is 7.28. The zero-order valence-corrected chi connectivity index (χ0v) is 13.3. The van der Waals surface area contributed by atoms with Gasteiger partial charge >= 0.3 is 0 Å². The van der Waals surface area contributed by atoms with Gasteiger partial charge in [-0.15, -0.1) is 0 Å². The van der Waals surface area contributed by atoms with Crippen LogP contribution in [0.5, 0.6) is 5.75 Å². The summed E-state index contributed by atoms with van der Waals surface area (Å²) < 4.78 is 5.70. The van der Waals surface area contributed by atoms with Gasteiger partial charge in [-0.3, -0.25) is 4.79 Å². The van der Waals surface area contributed by atoms with Gasteiger partial charge in [-0.1, -0.05) is 11.6 Å². The number of aromatic nitrogens is 1. The first-order valence-corrected chi connectivity index (χ1v) is 7.66. The average Bonchev–Trinajstić information content (AvgIpc) is 2.89. The van der Waals surface area contributed by atoms with Gasteiger partial charge < -0.3 is 9.64 Å². The third-order valence-corrected chi connectivity index (χ3v) is 3.75. The molecule has 0 saturated heterocycles. The molecular weight excluding hydrogens is 300 g/mol. The fraction of sp³-hybridized carbons (Fsp3) is 0.294.